The highest BCUT2D eigenvalue weighted by Crippen LogP contribution is 2.39. The number of ketones is 1. The number of hydrogen-bond donors (Lipinski definition) is 0. The lowest BCUT2D eigenvalue weighted by Crippen LogP contribution is -2.04. The monoisotopic (exact) mass is 473 g/mol. The lowest BCUT2D eigenvalue weighted by molar-refractivity contribution is 0.105. The summed E-state index contributed by atoms with van der Waals surface area (Å²) in [6, 6.07) is 17.9. The van der Waals surface area contributed by atoms with Gasteiger partial charge in [-0.25, -0.2) is 4.98 Å². The Hall–Kier alpha value is -4.26. The summed E-state index contributed by atoms with van der Waals surface area (Å²) < 4.78 is 28.0. The van der Waals surface area contributed by atoms with Crippen molar-refractivity contribution < 1.29 is 28.2 Å². The molecular weight excluding hydrogens is 446 g/mol. The SMILES string of the molecule is CCCOc1ccc(C(=O)/C(=C\c2cc(OC)c(OC)c(OC)c2)c2nc3ccccc3o2)cc1. The number of rotatable bonds is 10. The molecule has 0 amide bonds. The van der Waals surface area contributed by atoms with E-state index in [1.54, 1.807) is 56.7 Å². The van der Waals surface area contributed by atoms with Crippen LogP contribution in [0.15, 0.2) is 65.1 Å². The number of oxazole rings is 1. The molecule has 0 saturated heterocycles. The summed E-state index contributed by atoms with van der Waals surface area (Å²) in [5.41, 5.74) is 2.68. The third kappa shape index (κ3) is 5.14. The topological polar surface area (TPSA) is 80.0 Å². The molecule has 0 aliphatic heterocycles. The maximum atomic E-state index is 13.7. The maximum Gasteiger partial charge on any atom is 0.231 e. The van der Waals surface area contributed by atoms with Crippen molar-refractivity contribution in [1.82, 2.24) is 4.98 Å². The summed E-state index contributed by atoms with van der Waals surface area (Å²) in [6.45, 7) is 2.65. The maximum absolute atomic E-state index is 13.7. The lowest BCUT2D eigenvalue weighted by Gasteiger charge is -2.13. The molecule has 180 valence electrons. The Morgan fingerprint density at radius 2 is 1.63 bits per heavy atom. The highest BCUT2D eigenvalue weighted by molar-refractivity contribution is 6.31. The second-order valence-electron chi connectivity index (χ2n) is 7.71. The number of aromatic nitrogens is 1. The minimum absolute atomic E-state index is 0.219. The van der Waals surface area contributed by atoms with Gasteiger partial charge in [-0.2, -0.15) is 0 Å². The first-order chi connectivity index (χ1) is 17.1. The van der Waals surface area contributed by atoms with E-state index in [1.165, 1.54) is 7.11 Å². The van der Waals surface area contributed by atoms with E-state index in [2.05, 4.69) is 4.98 Å². The molecule has 4 aromatic rings. The van der Waals surface area contributed by atoms with Gasteiger partial charge < -0.3 is 23.4 Å². The fourth-order valence-corrected chi connectivity index (χ4v) is 3.64. The van der Waals surface area contributed by atoms with Crippen LogP contribution in [0.4, 0.5) is 0 Å². The van der Waals surface area contributed by atoms with Gasteiger partial charge in [-0.3, -0.25) is 4.79 Å². The van der Waals surface area contributed by atoms with Crippen LogP contribution in [0.25, 0.3) is 22.7 Å². The highest BCUT2D eigenvalue weighted by Gasteiger charge is 2.21. The molecule has 7 heteroatoms. The normalized spacial score (nSPS) is 11.4. The molecule has 0 atom stereocenters. The van der Waals surface area contributed by atoms with Crippen LogP contribution in [0.2, 0.25) is 0 Å². The quantitative estimate of drug-likeness (QED) is 0.204. The Labute approximate surface area is 203 Å². The first-order valence-corrected chi connectivity index (χ1v) is 11.2. The van der Waals surface area contributed by atoms with Gasteiger partial charge in [-0.15, -0.1) is 0 Å². The molecule has 0 saturated carbocycles. The smallest absolute Gasteiger partial charge is 0.231 e. The first-order valence-electron chi connectivity index (χ1n) is 11.2. The van der Waals surface area contributed by atoms with Crippen molar-refractivity contribution >= 4 is 28.5 Å². The number of ether oxygens (including phenoxy) is 4. The summed E-state index contributed by atoms with van der Waals surface area (Å²) in [4.78, 5) is 18.3. The van der Waals surface area contributed by atoms with Gasteiger partial charge in [-0.05, 0) is 66.6 Å². The molecule has 35 heavy (non-hydrogen) atoms. The zero-order valence-corrected chi connectivity index (χ0v) is 20.2. The number of Topliss-reactive ketones (excluding diaryl/α,β-unsaturated/α-hetero) is 1. The second-order valence-corrected chi connectivity index (χ2v) is 7.71. The van der Waals surface area contributed by atoms with E-state index in [-0.39, 0.29) is 17.2 Å². The fourth-order valence-electron chi connectivity index (χ4n) is 3.64. The Bertz CT molecular complexity index is 1300. The third-order valence-electron chi connectivity index (χ3n) is 5.36. The molecule has 0 aliphatic carbocycles. The molecule has 0 aliphatic rings. The van der Waals surface area contributed by atoms with Gasteiger partial charge in [0.15, 0.2) is 22.9 Å². The Morgan fingerprint density at radius 3 is 2.23 bits per heavy atom. The summed E-state index contributed by atoms with van der Waals surface area (Å²) in [7, 11) is 4.62. The number of hydrogen-bond acceptors (Lipinski definition) is 7. The van der Waals surface area contributed by atoms with Crippen LogP contribution in [0, 0.1) is 0 Å². The highest BCUT2D eigenvalue weighted by atomic mass is 16.5. The average molecular weight is 474 g/mol. The molecule has 0 radical (unpaired) electrons. The van der Waals surface area contributed by atoms with Crippen LogP contribution >= 0.6 is 0 Å². The van der Waals surface area contributed by atoms with Gasteiger partial charge in [0.2, 0.25) is 11.6 Å². The van der Waals surface area contributed by atoms with Crippen LogP contribution < -0.4 is 18.9 Å². The zero-order chi connectivity index (χ0) is 24.8. The number of methoxy groups -OCH3 is 3. The van der Waals surface area contributed by atoms with Crippen LogP contribution in [-0.4, -0.2) is 38.7 Å². The standard InChI is InChI=1S/C28H27NO6/c1-5-14-34-20-12-10-19(11-13-20)26(30)21(28-29-22-8-6-7-9-23(22)35-28)15-18-16-24(31-2)27(33-4)25(17-18)32-3/h6-13,15-17H,5,14H2,1-4H3/b21-15+. The Balaban J connectivity index is 1.82. The molecule has 7 nitrogen and oxygen atoms in total. The summed E-state index contributed by atoms with van der Waals surface area (Å²) in [6.07, 6.45) is 2.61. The van der Waals surface area contributed by atoms with Crippen LogP contribution in [0.1, 0.15) is 35.2 Å². The number of para-hydroxylation sites is 2. The summed E-state index contributed by atoms with van der Waals surface area (Å²) in [5.74, 6) is 2.09. The van der Waals surface area contributed by atoms with Crippen molar-refractivity contribution in [1.29, 1.82) is 0 Å². The van der Waals surface area contributed by atoms with Gasteiger partial charge >= 0.3 is 0 Å². The van der Waals surface area contributed by atoms with Gasteiger partial charge in [0, 0.05) is 5.56 Å². The minimum Gasteiger partial charge on any atom is -0.494 e. The summed E-state index contributed by atoms with van der Waals surface area (Å²) in [5, 5.41) is 0. The second kappa shape index (κ2) is 10.8. The molecule has 0 N–H and O–H groups in total. The number of nitrogens with zero attached hydrogens (tertiary/aromatic N) is 1. The van der Waals surface area contributed by atoms with Crippen molar-refractivity contribution in [2.24, 2.45) is 0 Å². The van der Waals surface area contributed by atoms with Gasteiger partial charge in [0.05, 0.1) is 33.5 Å². The first kappa shape index (κ1) is 23.9. The number of benzene rings is 3. The van der Waals surface area contributed by atoms with Crippen molar-refractivity contribution in [3.05, 3.63) is 77.7 Å². The van der Waals surface area contributed by atoms with E-state index < -0.39 is 0 Å². The van der Waals surface area contributed by atoms with Crippen LogP contribution in [-0.2, 0) is 0 Å². The van der Waals surface area contributed by atoms with Gasteiger partial charge in [-0.1, -0.05) is 19.1 Å². The minimum atomic E-state index is -0.243. The fraction of sp³-hybridized carbons (Fsp3) is 0.214. The van der Waals surface area contributed by atoms with E-state index in [1.807, 2.05) is 31.2 Å². The summed E-state index contributed by atoms with van der Waals surface area (Å²) >= 11 is 0. The van der Waals surface area contributed by atoms with E-state index in [0.29, 0.717) is 51.8 Å². The van der Waals surface area contributed by atoms with Gasteiger partial charge in [0.1, 0.15) is 11.3 Å². The van der Waals surface area contributed by atoms with E-state index in [4.69, 9.17) is 23.4 Å². The number of carbonyl (C=O) groups is 1. The average Bonchev–Trinajstić information content (AvgIpc) is 3.33. The predicted molar refractivity (Wildman–Crippen MR) is 135 cm³/mol. The molecule has 1 heterocycles. The Kier molecular flexibility index (Phi) is 7.35. The molecule has 3 aromatic carbocycles. The Morgan fingerprint density at radius 1 is 0.943 bits per heavy atom. The molecule has 0 unspecified atom stereocenters. The number of carbonyl (C=O) groups excluding carboxylic acids is 1. The van der Waals surface area contributed by atoms with Crippen molar-refractivity contribution in [2.75, 3.05) is 27.9 Å². The predicted octanol–water partition coefficient (Wildman–Crippen LogP) is 6.07. The van der Waals surface area contributed by atoms with Crippen molar-refractivity contribution in [2.45, 2.75) is 13.3 Å². The van der Waals surface area contributed by atoms with Gasteiger partial charge in [0.25, 0.3) is 0 Å². The third-order valence-corrected chi connectivity index (χ3v) is 5.36. The molecule has 1 aromatic heterocycles. The molecular formula is C28H27NO6. The van der Waals surface area contributed by atoms with Crippen molar-refractivity contribution in [3.63, 3.8) is 0 Å². The van der Waals surface area contributed by atoms with Crippen molar-refractivity contribution in [3.8, 4) is 23.0 Å². The van der Waals surface area contributed by atoms with E-state index >= 15 is 0 Å². The molecule has 0 spiro atoms. The largest absolute Gasteiger partial charge is 0.494 e. The van der Waals surface area contributed by atoms with E-state index in [0.717, 1.165) is 6.42 Å². The number of fused-ring (bicyclic) bond motifs is 1. The van der Waals surface area contributed by atoms with E-state index in [9.17, 15) is 4.79 Å². The zero-order valence-electron chi connectivity index (χ0n) is 20.2. The lowest BCUT2D eigenvalue weighted by atomic mass is 10.00. The van der Waals surface area contributed by atoms with Crippen LogP contribution in [0.3, 0.4) is 0 Å². The van der Waals surface area contributed by atoms with Crippen LogP contribution in [0.5, 0.6) is 23.0 Å². The molecule has 0 bridgehead atoms. The number of allylic oxidation sites excluding steroid dienone is 1. The molecule has 0 fully saturated rings. The molecule has 4 rings (SSSR count).